The number of nitrogens with one attached hydrogen (secondary N) is 2. The molecule has 0 bridgehead atoms. The van der Waals surface area contributed by atoms with Crippen LogP contribution in [0.1, 0.15) is 6.42 Å². The van der Waals surface area contributed by atoms with Crippen LogP contribution < -0.4 is 5.32 Å². The second kappa shape index (κ2) is 5.93. The maximum Gasteiger partial charge on any atom is 0.320 e. The summed E-state index contributed by atoms with van der Waals surface area (Å²) in [6.07, 6.45) is 0.603. The van der Waals surface area contributed by atoms with E-state index in [2.05, 4.69) is 22.4 Å². The van der Waals surface area contributed by atoms with Crippen LogP contribution >= 0.6 is 11.8 Å². The second-order valence-electron chi connectivity index (χ2n) is 4.04. The molecular formula is C13H16N2O2S. The summed E-state index contributed by atoms with van der Waals surface area (Å²) in [4.78, 5) is 14.1. The average molecular weight is 264 g/mol. The first kappa shape index (κ1) is 13.0. The Morgan fingerprint density at radius 3 is 2.94 bits per heavy atom. The highest BCUT2D eigenvalue weighted by molar-refractivity contribution is 7.99. The predicted octanol–water partition coefficient (Wildman–Crippen LogP) is 2.32. The summed E-state index contributed by atoms with van der Waals surface area (Å²) in [5.41, 5.74) is 1.11. The van der Waals surface area contributed by atoms with E-state index in [-0.39, 0.29) is 0 Å². The van der Waals surface area contributed by atoms with E-state index in [9.17, 15) is 4.79 Å². The number of aromatic nitrogens is 1. The van der Waals surface area contributed by atoms with Gasteiger partial charge in [0.1, 0.15) is 6.04 Å². The number of H-pyrrole nitrogens is 1. The summed E-state index contributed by atoms with van der Waals surface area (Å²) < 4.78 is 0. The van der Waals surface area contributed by atoms with Crippen LogP contribution in [-0.4, -0.2) is 34.9 Å². The molecule has 4 nitrogen and oxygen atoms in total. The SMILES string of the molecule is CNC(CCSc1cc2ccccc2[nH]1)C(=O)O. The van der Waals surface area contributed by atoms with Gasteiger partial charge in [-0.05, 0) is 25.6 Å². The zero-order valence-electron chi connectivity index (χ0n) is 10.1. The normalized spacial score (nSPS) is 12.7. The van der Waals surface area contributed by atoms with Crippen LogP contribution in [0, 0.1) is 0 Å². The molecule has 96 valence electrons. The molecule has 2 rings (SSSR count). The summed E-state index contributed by atoms with van der Waals surface area (Å²) in [6.45, 7) is 0. The number of fused-ring (bicyclic) bond motifs is 1. The van der Waals surface area contributed by atoms with Gasteiger partial charge in [-0.15, -0.1) is 11.8 Å². The summed E-state index contributed by atoms with van der Waals surface area (Å²) in [5, 5.41) is 14.0. The fourth-order valence-corrected chi connectivity index (χ4v) is 2.77. The third-order valence-corrected chi connectivity index (χ3v) is 3.79. The van der Waals surface area contributed by atoms with Gasteiger partial charge in [-0.3, -0.25) is 4.79 Å². The zero-order chi connectivity index (χ0) is 13.0. The minimum atomic E-state index is -0.797. The molecule has 1 heterocycles. The minimum Gasteiger partial charge on any atom is -0.480 e. The van der Waals surface area contributed by atoms with E-state index in [4.69, 9.17) is 5.11 Å². The van der Waals surface area contributed by atoms with Gasteiger partial charge in [0.05, 0.1) is 5.03 Å². The maximum atomic E-state index is 10.8. The largest absolute Gasteiger partial charge is 0.480 e. The summed E-state index contributed by atoms with van der Waals surface area (Å²) >= 11 is 1.65. The number of hydrogen-bond donors (Lipinski definition) is 3. The Kier molecular flexibility index (Phi) is 4.28. The Hall–Kier alpha value is -1.46. The summed E-state index contributed by atoms with van der Waals surface area (Å²) in [7, 11) is 1.67. The van der Waals surface area contributed by atoms with Gasteiger partial charge >= 0.3 is 5.97 Å². The van der Waals surface area contributed by atoms with Crippen LogP contribution in [-0.2, 0) is 4.79 Å². The van der Waals surface area contributed by atoms with Crippen molar-refractivity contribution in [1.29, 1.82) is 0 Å². The Morgan fingerprint density at radius 1 is 1.50 bits per heavy atom. The Morgan fingerprint density at radius 2 is 2.28 bits per heavy atom. The van der Waals surface area contributed by atoms with E-state index in [1.54, 1.807) is 18.8 Å². The number of aliphatic carboxylic acids is 1. The lowest BCUT2D eigenvalue weighted by molar-refractivity contribution is -0.139. The topological polar surface area (TPSA) is 65.1 Å². The van der Waals surface area contributed by atoms with Crippen molar-refractivity contribution in [3.05, 3.63) is 30.3 Å². The smallest absolute Gasteiger partial charge is 0.320 e. The molecule has 3 N–H and O–H groups in total. The predicted molar refractivity (Wildman–Crippen MR) is 74.1 cm³/mol. The van der Waals surface area contributed by atoms with Crippen molar-refractivity contribution >= 4 is 28.6 Å². The molecule has 0 fully saturated rings. The molecule has 0 radical (unpaired) electrons. The number of para-hydroxylation sites is 1. The van der Waals surface area contributed by atoms with Gasteiger partial charge in [0.25, 0.3) is 0 Å². The van der Waals surface area contributed by atoms with Crippen LogP contribution in [0.3, 0.4) is 0 Å². The molecule has 0 aliphatic rings. The van der Waals surface area contributed by atoms with Crippen molar-refractivity contribution in [2.45, 2.75) is 17.5 Å². The highest BCUT2D eigenvalue weighted by atomic mass is 32.2. The van der Waals surface area contributed by atoms with Crippen LogP contribution in [0.5, 0.6) is 0 Å². The lowest BCUT2D eigenvalue weighted by atomic mass is 10.2. The van der Waals surface area contributed by atoms with Crippen molar-refractivity contribution in [2.75, 3.05) is 12.8 Å². The van der Waals surface area contributed by atoms with Gasteiger partial charge in [-0.1, -0.05) is 18.2 Å². The lowest BCUT2D eigenvalue weighted by Crippen LogP contribution is -2.34. The molecule has 1 atom stereocenters. The fraction of sp³-hybridized carbons (Fsp3) is 0.308. The Bertz CT molecular complexity index is 506. The molecule has 1 aromatic heterocycles. The fourth-order valence-electron chi connectivity index (χ4n) is 1.80. The molecule has 0 saturated heterocycles. The van der Waals surface area contributed by atoms with Crippen molar-refractivity contribution in [1.82, 2.24) is 10.3 Å². The van der Waals surface area contributed by atoms with E-state index >= 15 is 0 Å². The molecule has 0 amide bonds. The molecular weight excluding hydrogens is 248 g/mol. The lowest BCUT2D eigenvalue weighted by Gasteiger charge is -2.09. The van der Waals surface area contributed by atoms with Gasteiger partial charge in [-0.25, -0.2) is 0 Å². The van der Waals surface area contributed by atoms with Gasteiger partial charge in [0, 0.05) is 16.7 Å². The van der Waals surface area contributed by atoms with E-state index in [0.29, 0.717) is 6.42 Å². The van der Waals surface area contributed by atoms with Crippen LogP contribution in [0.2, 0.25) is 0 Å². The number of carboxylic acid groups (broad SMARTS) is 1. The number of carboxylic acids is 1. The maximum absolute atomic E-state index is 10.8. The average Bonchev–Trinajstić information content (AvgIpc) is 2.76. The van der Waals surface area contributed by atoms with E-state index in [0.717, 1.165) is 16.3 Å². The van der Waals surface area contributed by atoms with Crippen molar-refractivity contribution in [3.8, 4) is 0 Å². The van der Waals surface area contributed by atoms with Gasteiger partial charge in [0.2, 0.25) is 0 Å². The second-order valence-corrected chi connectivity index (χ2v) is 5.17. The molecule has 0 aliphatic heterocycles. The molecule has 5 heteroatoms. The number of benzene rings is 1. The number of rotatable bonds is 6. The molecule has 18 heavy (non-hydrogen) atoms. The number of hydrogen-bond acceptors (Lipinski definition) is 3. The highest BCUT2D eigenvalue weighted by Gasteiger charge is 2.14. The first-order valence-electron chi connectivity index (χ1n) is 5.81. The minimum absolute atomic E-state index is 0.470. The number of likely N-dealkylation sites (N-methyl/N-ethyl adjacent to an activating group) is 1. The van der Waals surface area contributed by atoms with Gasteiger partial charge in [-0.2, -0.15) is 0 Å². The van der Waals surface area contributed by atoms with E-state index < -0.39 is 12.0 Å². The van der Waals surface area contributed by atoms with Gasteiger partial charge in [0.15, 0.2) is 0 Å². The van der Waals surface area contributed by atoms with Crippen LogP contribution in [0.4, 0.5) is 0 Å². The Labute approximate surface area is 110 Å². The van der Waals surface area contributed by atoms with Crippen LogP contribution in [0.15, 0.2) is 35.4 Å². The van der Waals surface area contributed by atoms with Crippen molar-refractivity contribution in [3.63, 3.8) is 0 Å². The monoisotopic (exact) mass is 264 g/mol. The summed E-state index contributed by atoms with van der Waals surface area (Å²) in [6, 6.07) is 9.72. The van der Waals surface area contributed by atoms with E-state index in [1.165, 1.54) is 5.39 Å². The molecule has 2 aromatic rings. The zero-order valence-corrected chi connectivity index (χ0v) is 11.0. The first-order valence-corrected chi connectivity index (χ1v) is 6.80. The Balaban J connectivity index is 1.92. The molecule has 0 aliphatic carbocycles. The summed E-state index contributed by atoms with van der Waals surface area (Å²) in [5.74, 6) is -0.0280. The third-order valence-electron chi connectivity index (χ3n) is 2.82. The van der Waals surface area contributed by atoms with Crippen molar-refractivity contribution in [2.24, 2.45) is 0 Å². The molecule has 0 spiro atoms. The molecule has 1 aromatic carbocycles. The molecule has 0 saturated carbocycles. The number of thioether (sulfide) groups is 1. The highest BCUT2D eigenvalue weighted by Crippen LogP contribution is 2.23. The van der Waals surface area contributed by atoms with Crippen molar-refractivity contribution < 1.29 is 9.90 Å². The molecule has 1 unspecified atom stereocenters. The standard InChI is InChI=1S/C13H16N2O2S/c1-14-11(13(16)17)6-7-18-12-8-9-4-2-3-5-10(9)15-12/h2-5,8,11,14-15H,6-7H2,1H3,(H,16,17). The van der Waals surface area contributed by atoms with E-state index in [1.807, 2.05) is 18.2 Å². The quantitative estimate of drug-likeness (QED) is 0.701. The third kappa shape index (κ3) is 3.05. The number of aromatic amines is 1. The van der Waals surface area contributed by atoms with Crippen LogP contribution in [0.25, 0.3) is 10.9 Å². The first-order chi connectivity index (χ1) is 8.70. The number of carbonyl (C=O) groups is 1. The van der Waals surface area contributed by atoms with Gasteiger partial charge < -0.3 is 15.4 Å².